The number of carbonyl (C=O) groups is 3. The van der Waals surface area contributed by atoms with Gasteiger partial charge in [0.1, 0.15) is 12.1 Å². The van der Waals surface area contributed by atoms with E-state index < -0.39 is 18.1 Å². The Bertz CT molecular complexity index is 482. The topological polar surface area (TPSA) is 86.7 Å². The summed E-state index contributed by atoms with van der Waals surface area (Å²) < 4.78 is 0. The molecule has 6 nitrogen and oxygen atoms in total. The summed E-state index contributed by atoms with van der Waals surface area (Å²) in [5.41, 5.74) is 0. The van der Waals surface area contributed by atoms with Crippen LogP contribution < -0.4 is 5.32 Å². The molecule has 3 atom stereocenters. The van der Waals surface area contributed by atoms with Gasteiger partial charge in [0.2, 0.25) is 11.8 Å². The molecule has 0 radical (unpaired) electrons. The number of amides is 2. The molecule has 0 aromatic rings. The van der Waals surface area contributed by atoms with E-state index >= 15 is 0 Å². The Morgan fingerprint density at radius 1 is 1.67 bits per heavy atom. The van der Waals surface area contributed by atoms with Gasteiger partial charge in [-0.3, -0.25) is 9.59 Å². The van der Waals surface area contributed by atoms with Crippen LogP contribution in [0.3, 0.4) is 0 Å². The Kier molecular flexibility index (Phi) is 4.61. The molecule has 0 saturated carbocycles. The maximum absolute atomic E-state index is 12.3. The number of allylic oxidation sites excluding steroid dienone is 1. The number of aliphatic carboxylic acids is 1. The summed E-state index contributed by atoms with van der Waals surface area (Å²) in [7, 11) is 0. The summed E-state index contributed by atoms with van der Waals surface area (Å²) in [6.07, 6.45) is 3.62. The Morgan fingerprint density at radius 3 is 3.00 bits per heavy atom. The van der Waals surface area contributed by atoms with Gasteiger partial charge in [0, 0.05) is 12.2 Å². The third-order valence-corrected chi connectivity index (χ3v) is 5.53. The minimum atomic E-state index is -1.06. The van der Waals surface area contributed by atoms with Crippen LogP contribution in [0.2, 0.25) is 0 Å². The Morgan fingerprint density at radius 2 is 2.38 bits per heavy atom. The molecule has 0 spiro atoms. The Balaban J connectivity index is 2.04. The van der Waals surface area contributed by atoms with Gasteiger partial charge < -0.3 is 15.3 Å². The lowest BCUT2D eigenvalue weighted by atomic mass is 10.1. The lowest BCUT2D eigenvalue weighted by Gasteiger charge is -2.30. The number of rotatable bonds is 6. The highest BCUT2D eigenvalue weighted by atomic mass is 32.2. The molecule has 2 heterocycles. The van der Waals surface area contributed by atoms with Gasteiger partial charge in [-0.2, -0.15) is 0 Å². The van der Waals surface area contributed by atoms with Crippen molar-refractivity contribution in [3.63, 3.8) is 0 Å². The van der Waals surface area contributed by atoms with E-state index in [0.717, 1.165) is 6.42 Å². The number of hydrogen-bond donors (Lipinski definition) is 2. The summed E-state index contributed by atoms with van der Waals surface area (Å²) in [5, 5.41) is 11.7. The largest absolute Gasteiger partial charge is 0.480 e. The highest BCUT2D eigenvalue weighted by Gasteiger charge is 2.53. The van der Waals surface area contributed by atoms with Crippen LogP contribution in [-0.2, 0) is 14.4 Å². The summed E-state index contributed by atoms with van der Waals surface area (Å²) in [4.78, 5) is 36.8. The molecule has 0 aromatic heterocycles. The molecule has 2 fully saturated rings. The van der Waals surface area contributed by atoms with Crippen molar-refractivity contribution in [2.75, 3.05) is 5.75 Å². The number of nitrogens with one attached hydrogen (secondary N) is 1. The van der Waals surface area contributed by atoms with Crippen molar-refractivity contribution >= 4 is 29.5 Å². The smallest absolute Gasteiger partial charge is 0.326 e. The molecule has 2 N–H and O–H groups in total. The summed E-state index contributed by atoms with van der Waals surface area (Å²) >= 11 is 1.59. The van der Waals surface area contributed by atoms with Crippen LogP contribution in [0.25, 0.3) is 0 Å². The van der Waals surface area contributed by atoms with Crippen LogP contribution in [0.4, 0.5) is 0 Å². The van der Waals surface area contributed by atoms with Gasteiger partial charge in [0.15, 0.2) is 0 Å². The van der Waals surface area contributed by atoms with Crippen molar-refractivity contribution in [1.29, 1.82) is 0 Å². The summed E-state index contributed by atoms with van der Waals surface area (Å²) in [5.74, 6) is -0.952. The van der Waals surface area contributed by atoms with Gasteiger partial charge in [-0.1, -0.05) is 6.08 Å². The normalized spacial score (nSPS) is 29.1. The van der Waals surface area contributed by atoms with Gasteiger partial charge in [-0.25, -0.2) is 4.79 Å². The second-order valence-electron chi connectivity index (χ2n) is 5.53. The van der Waals surface area contributed by atoms with Crippen molar-refractivity contribution in [1.82, 2.24) is 10.2 Å². The predicted octanol–water partition coefficient (Wildman–Crippen LogP) is 0.976. The molecule has 2 saturated heterocycles. The SMILES string of the molecule is C=CCCC(NC(=O)C1CSC2(C)CCC(=O)N12)C(=O)O. The van der Waals surface area contributed by atoms with Crippen LogP contribution in [0.5, 0.6) is 0 Å². The molecule has 2 amide bonds. The quantitative estimate of drug-likeness (QED) is 0.714. The second kappa shape index (κ2) is 6.09. The lowest BCUT2D eigenvalue weighted by molar-refractivity contribution is -0.144. The summed E-state index contributed by atoms with van der Waals surface area (Å²) in [6.45, 7) is 5.51. The molecule has 2 rings (SSSR count). The molecule has 0 aromatic carbocycles. The van der Waals surface area contributed by atoms with Crippen LogP contribution in [0.1, 0.15) is 32.6 Å². The Hall–Kier alpha value is -1.50. The molecule has 7 heteroatoms. The highest BCUT2D eigenvalue weighted by Crippen LogP contribution is 2.47. The monoisotopic (exact) mass is 312 g/mol. The molecular formula is C14H20N2O4S. The summed E-state index contributed by atoms with van der Waals surface area (Å²) in [6, 6.07) is -1.51. The number of nitrogens with zero attached hydrogens (tertiary/aromatic N) is 1. The maximum atomic E-state index is 12.3. The average Bonchev–Trinajstić information content (AvgIpc) is 2.91. The third-order valence-electron chi connectivity index (χ3n) is 4.02. The zero-order chi connectivity index (χ0) is 15.6. The van der Waals surface area contributed by atoms with Crippen molar-refractivity contribution in [3.8, 4) is 0 Å². The van der Waals surface area contributed by atoms with Crippen molar-refractivity contribution in [3.05, 3.63) is 12.7 Å². The van der Waals surface area contributed by atoms with E-state index in [1.54, 1.807) is 22.7 Å². The average molecular weight is 312 g/mol. The number of carboxylic acid groups (broad SMARTS) is 1. The fraction of sp³-hybridized carbons (Fsp3) is 0.643. The number of carbonyl (C=O) groups excluding carboxylic acids is 2. The van der Waals surface area contributed by atoms with Crippen molar-refractivity contribution in [2.45, 2.75) is 49.6 Å². The zero-order valence-electron chi connectivity index (χ0n) is 12.0. The van der Waals surface area contributed by atoms with E-state index in [9.17, 15) is 14.4 Å². The van der Waals surface area contributed by atoms with Gasteiger partial charge >= 0.3 is 5.97 Å². The van der Waals surface area contributed by atoms with Gasteiger partial charge in [0.05, 0.1) is 4.87 Å². The first kappa shape index (κ1) is 15.9. The Labute approximate surface area is 127 Å². The fourth-order valence-corrected chi connectivity index (χ4v) is 4.26. The first-order valence-electron chi connectivity index (χ1n) is 6.99. The molecule has 2 aliphatic rings. The number of carboxylic acids is 1. The fourth-order valence-electron chi connectivity index (χ4n) is 2.82. The minimum Gasteiger partial charge on any atom is -0.480 e. The molecule has 116 valence electrons. The van der Waals surface area contributed by atoms with Crippen LogP contribution in [0, 0.1) is 0 Å². The van der Waals surface area contributed by atoms with E-state index in [4.69, 9.17) is 5.11 Å². The number of thioether (sulfide) groups is 1. The van der Waals surface area contributed by atoms with E-state index in [1.807, 2.05) is 6.92 Å². The van der Waals surface area contributed by atoms with Crippen molar-refractivity contribution in [2.24, 2.45) is 0 Å². The molecule has 21 heavy (non-hydrogen) atoms. The first-order chi connectivity index (χ1) is 9.89. The molecule has 2 aliphatic heterocycles. The molecule has 0 bridgehead atoms. The van der Waals surface area contributed by atoms with Crippen LogP contribution in [-0.4, -0.2) is 50.5 Å². The van der Waals surface area contributed by atoms with E-state index in [2.05, 4.69) is 11.9 Å². The van der Waals surface area contributed by atoms with Gasteiger partial charge in [-0.05, 0) is 26.2 Å². The van der Waals surface area contributed by atoms with Crippen LogP contribution >= 0.6 is 11.8 Å². The second-order valence-corrected chi connectivity index (χ2v) is 7.03. The van der Waals surface area contributed by atoms with Gasteiger partial charge in [-0.15, -0.1) is 18.3 Å². The molecule has 3 unspecified atom stereocenters. The van der Waals surface area contributed by atoms with Crippen molar-refractivity contribution < 1.29 is 19.5 Å². The third kappa shape index (κ3) is 3.07. The maximum Gasteiger partial charge on any atom is 0.326 e. The lowest BCUT2D eigenvalue weighted by Crippen LogP contribution is -2.53. The molecule has 0 aliphatic carbocycles. The zero-order valence-corrected chi connectivity index (χ0v) is 12.8. The van der Waals surface area contributed by atoms with E-state index in [1.165, 1.54) is 0 Å². The molecular weight excluding hydrogens is 292 g/mol. The van der Waals surface area contributed by atoms with Gasteiger partial charge in [0.25, 0.3) is 0 Å². The van der Waals surface area contributed by atoms with E-state index in [0.29, 0.717) is 25.0 Å². The minimum absolute atomic E-state index is 0.0272. The highest BCUT2D eigenvalue weighted by molar-refractivity contribution is 8.01. The number of fused-ring (bicyclic) bond motifs is 1. The first-order valence-corrected chi connectivity index (χ1v) is 7.98. The van der Waals surface area contributed by atoms with Crippen LogP contribution in [0.15, 0.2) is 12.7 Å². The standard InChI is InChI=1S/C14H20N2O4S/c1-3-4-5-9(13(19)20)15-12(18)10-8-21-14(2)7-6-11(17)16(10)14/h3,9-10H,1,4-8H2,2H3,(H,15,18)(H,19,20). The number of hydrogen-bond acceptors (Lipinski definition) is 4. The van der Waals surface area contributed by atoms with E-state index in [-0.39, 0.29) is 16.7 Å². The predicted molar refractivity (Wildman–Crippen MR) is 79.7 cm³/mol.